The van der Waals surface area contributed by atoms with Gasteiger partial charge in [-0.25, -0.2) is 9.98 Å². The highest BCUT2D eigenvalue weighted by Gasteiger charge is 2.51. The summed E-state index contributed by atoms with van der Waals surface area (Å²) in [4.78, 5) is 74.5. The van der Waals surface area contributed by atoms with E-state index >= 15 is 0 Å². The molecule has 2 aromatic heterocycles. The number of Topliss-reactive ketones (excluding diaryl/α,β-unsaturated/α-hetero) is 4. The first kappa shape index (κ1) is 33.4. The first-order chi connectivity index (χ1) is 26.3. The van der Waals surface area contributed by atoms with Crippen LogP contribution in [0.2, 0.25) is 0 Å². The van der Waals surface area contributed by atoms with Crippen molar-refractivity contribution in [3.05, 3.63) is 23.3 Å². The number of fused-ring (bicyclic) bond motifs is 10. The van der Waals surface area contributed by atoms with E-state index in [1.165, 1.54) is 22.7 Å². The Hall–Kier alpha value is -3.90. The third-order valence-electron chi connectivity index (χ3n) is 13.9. The van der Waals surface area contributed by atoms with Gasteiger partial charge in [-0.05, 0) is 89.2 Å². The number of carbonyl (C=O) groups excluding carboxylic acids is 4. The molecule has 4 atom stereocenters. The molecular formula is C42H42N4O6S2. The van der Waals surface area contributed by atoms with Crippen molar-refractivity contribution in [2.24, 2.45) is 33.7 Å². The van der Waals surface area contributed by atoms with E-state index in [9.17, 15) is 19.2 Å². The Kier molecular flexibility index (Phi) is 7.62. The molecule has 6 aliphatic carbocycles. The van der Waals surface area contributed by atoms with Crippen molar-refractivity contribution in [2.75, 3.05) is 0 Å². The lowest BCUT2D eigenvalue weighted by Crippen LogP contribution is -2.40. The molecule has 6 fully saturated rings. The van der Waals surface area contributed by atoms with Crippen LogP contribution in [0.25, 0.3) is 20.9 Å². The number of rotatable bonds is 2. The molecule has 0 amide bonds. The van der Waals surface area contributed by atoms with Crippen LogP contribution in [-0.4, -0.2) is 44.5 Å². The largest absolute Gasteiger partial charge is 0.465 e. The van der Waals surface area contributed by atoms with Crippen molar-refractivity contribution in [3.8, 4) is 32.6 Å². The van der Waals surface area contributed by atoms with Crippen molar-refractivity contribution in [1.82, 2.24) is 9.97 Å². The molecule has 0 radical (unpaired) electrons. The molecule has 4 heterocycles. The van der Waals surface area contributed by atoms with Crippen LogP contribution in [0.15, 0.2) is 22.1 Å². The molecule has 4 unspecified atom stereocenters. The first-order valence-corrected chi connectivity index (χ1v) is 21.9. The molecule has 3 aromatic rings. The van der Waals surface area contributed by atoms with E-state index in [-0.39, 0.29) is 58.2 Å². The minimum Gasteiger partial charge on any atom is -0.465 e. The second-order valence-electron chi connectivity index (χ2n) is 16.9. The summed E-state index contributed by atoms with van der Waals surface area (Å²) in [6.45, 7) is 0. The highest BCUT2D eigenvalue weighted by Crippen LogP contribution is 2.60. The van der Waals surface area contributed by atoms with Gasteiger partial charge in [-0.3, -0.25) is 19.2 Å². The van der Waals surface area contributed by atoms with Crippen LogP contribution in [0.5, 0.6) is 11.8 Å². The predicted octanol–water partition coefficient (Wildman–Crippen LogP) is 9.10. The van der Waals surface area contributed by atoms with Crippen LogP contribution in [0.1, 0.15) is 127 Å². The Morgan fingerprint density at radius 3 is 1.22 bits per heavy atom. The lowest BCUT2D eigenvalue weighted by Gasteiger charge is -2.45. The summed E-state index contributed by atoms with van der Waals surface area (Å²) in [6.07, 6.45) is 16.7. The second-order valence-corrected chi connectivity index (χ2v) is 18.8. The number of aliphatic imine (C=N–C) groups is 2. The topological polar surface area (TPSA) is 137 Å². The van der Waals surface area contributed by atoms with Gasteiger partial charge in [0.25, 0.3) is 0 Å². The molecule has 8 aliphatic rings. The highest BCUT2D eigenvalue weighted by molar-refractivity contribution is 7.19. The number of thiazole rings is 2. The zero-order valence-electron chi connectivity index (χ0n) is 30.2. The van der Waals surface area contributed by atoms with E-state index in [1.807, 2.05) is 0 Å². The zero-order chi connectivity index (χ0) is 36.3. The molecular weight excluding hydrogens is 721 g/mol. The fourth-order valence-corrected chi connectivity index (χ4v) is 13.0. The number of ether oxygens (including phenoxy) is 2. The predicted molar refractivity (Wildman–Crippen MR) is 205 cm³/mol. The van der Waals surface area contributed by atoms with E-state index in [1.54, 1.807) is 0 Å². The first-order valence-electron chi connectivity index (χ1n) is 20.3. The van der Waals surface area contributed by atoms with Crippen LogP contribution in [0.4, 0.5) is 10.3 Å². The molecule has 1 aromatic carbocycles. The highest BCUT2D eigenvalue weighted by atomic mass is 32.1. The molecule has 6 saturated carbocycles. The number of aromatic nitrogens is 2. The van der Waals surface area contributed by atoms with Crippen molar-refractivity contribution in [2.45, 2.75) is 127 Å². The second kappa shape index (κ2) is 12.3. The van der Waals surface area contributed by atoms with Crippen LogP contribution in [0, 0.1) is 23.7 Å². The van der Waals surface area contributed by atoms with Crippen molar-refractivity contribution >= 4 is 67.5 Å². The van der Waals surface area contributed by atoms with Gasteiger partial charge < -0.3 is 9.47 Å². The minimum atomic E-state index is -0.576. The third kappa shape index (κ3) is 4.86. The standard InChI is InChI=1S/C42H42N4O6S2/c47-31-21-11-3-4-12-22(21)32(48)29(31)43-39-45-37-35(53-39)25-20-28-26(19-27(25)41(51-37)15-7-1-8-16-41)36-38(52-42(28)17-9-2-10-18-42)46-40(54-36)44-30-33(49)23-13-5-6-14-24(23)34(30)50/h19-24H,1-18H2. The maximum Gasteiger partial charge on any atom is 0.235 e. The van der Waals surface area contributed by atoms with Crippen LogP contribution in [0.3, 0.4) is 0 Å². The van der Waals surface area contributed by atoms with Gasteiger partial charge >= 0.3 is 0 Å². The summed E-state index contributed by atoms with van der Waals surface area (Å²) in [5.41, 5.74) is 3.31. The molecule has 0 bridgehead atoms. The molecule has 12 heteroatoms. The van der Waals surface area contributed by atoms with Crippen molar-refractivity contribution in [3.63, 3.8) is 0 Å². The van der Waals surface area contributed by atoms with Gasteiger partial charge in [0.2, 0.25) is 22.0 Å². The van der Waals surface area contributed by atoms with Gasteiger partial charge in [0.05, 0.1) is 0 Å². The van der Waals surface area contributed by atoms with Gasteiger partial charge in [-0.1, -0.05) is 61.2 Å². The van der Waals surface area contributed by atoms with E-state index in [0.29, 0.717) is 22.0 Å². The summed E-state index contributed by atoms with van der Waals surface area (Å²) >= 11 is 2.78. The van der Waals surface area contributed by atoms with Crippen LogP contribution >= 0.6 is 22.7 Å². The average molecular weight is 763 g/mol. The van der Waals surface area contributed by atoms with Crippen molar-refractivity contribution in [1.29, 1.82) is 0 Å². The summed E-state index contributed by atoms with van der Waals surface area (Å²) in [5, 5.41) is 0.778. The van der Waals surface area contributed by atoms with Gasteiger partial charge in [0, 0.05) is 45.9 Å². The fraction of sp³-hybridized carbons (Fsp3) is 0.571. The molecule has 11 rings (SSSR count). The normalized spacial score (nSPS) is 28.8. The lowest BCUT2D eigenvalue weighted by molar-refractivity contribution is -0.120. The zero-order valence-corrected chi connectivity index (χ0v) is 31.9. The van der Waals surface area contributed by atoms with Crippen LogP contribution < -0.4 is 9.47 Å². The number of hydrogen-bond donors (Lipinski definition) is 0. The maximum atomic E-state index is 13.4. The lowest BCUT2D eigenvalue weighted by atomic mass is 9.71. The number of nitrogens with zero attached hydrogens (tertiary/aromatic N) is 4. The molecule has 0 N–H and O–H groups in total. The number of hydrogen-bond acceptors (Lipinski definition) is 12. The molecule has 278 valence electrons. The molecule has 2 aliphatic heterocycles. The van der Waals surface area contributed by atoms with Gasteiger partial charge in [-0.2, -0.15) is 9.97 Å². The molecule has 0 saturated heterocycles. The average Bonchev–Trinajstić information content (AvgIpc) is 3.92. The van der Waals surface area contributed by atoms with Gasteiger partial charge in [0.1, 0.15) is 21.0 Å². The monoisotopic (exact) mass is 762 g/mol. The number of carbonyl (C=O) groups is 4. The van der Waals surface area contributed by atoms with Crippen LogP contribution in [-0.2, 0) is 30.4 Å². The van der Waals surface area contributed by atoms with E-state index in [4.69, 9.17) is 19.4 Å². The summed E-state index contributed by atoms with van der Waals surface area (Å²) in [5.74, 6) is -0.421. The molecule has 10 nitrogen and oxygen atoms in total. The Bertz CT molecular complexity index is 2030. The SMILES string of the molecule is O=C1C(=Nc2nc3c(s2)-c2cc4c(cc2C2(CCCCC2)O3)-c2sc(N=C3C(=O)C5CCCCC5C3=O)nc2OC42CCCCC2)C(=O)C2CCCCC12. The Morgan fingerprint density at radius 1 is 0.519 bits per heavy atom. The van der Waals surface area contributed by atoms with Gasteiger partial charge in [0.15, 0.2) is 34.6 Å². The minimum absolute atomic E-state index is 0.0578. The van der Waals surface area contributed by atoms with E-state index in [0.717, 1.165) is 148 Å². The van der Waals surface area contributed by atoms with Crippen molar-refractivity contribution < 1.29 is 28.7 Å². The number of benzene rings is 1. The Morgan fingerprint density at radius 2 is 0.870 bits per heavy atom. The fourth-order valence-electron chi connectivity index (χ4n) is 11.2. The Balaban J connectivity index is 1.05. The Labute approximate surface area is 321 Å². The molecule has 2 spiro atoms. The molecule has 54 heavy (non-hydrogen) atoms. The maximum absolute atomic E-state index is 13.4. The smallest absolute Gasteiger partial charge is 0.235 e. The summed E-state index contributed by atoms with van der Waals surface area (Å²) in [7, 11) is 0. The summed E-state index contributed by atoms with van der Waals surface area (Å²) < 4.78 is 14.0. The summed E-state index contributed by atoms with van der Waals surface area (Å²) in [6, 6.07) is 4.60. The third-order valence-corrected chi connectivity index (χ3v) is 15.9. The van der Waals surface area contributed by atoms with Gasteiger partial charge in [-0.15, -0.1) is 0 Å². The quantitative estimate of drug-likeness (QED) is 0.252. The van der Waals surface area contributed by atoms with E-state index in [2.05, 4.69) is 22.1 Å². The number of ketones is 4. The van der Waals surface area contributed by atoms with E-state index < -0.39 is 11.2 Å².